The van der Waals surface area contributed by atoms with Crippen LogP contribution >= 0.6 is 12.4 Å². The molecule has 0 bridgehead atoms. The van der Waals surface area contributed by atoms with Gasteiger partial charge in [-0.1, -0.05) is 13.0 Å². The molecule has 6 heteroatoms. The highest BCUT2D eigenvalue weighted by Crippen LogP contribution is 2.19. The molecule has 0 aromatic heterocycles. The monoisotopic (exact) mass is 350 g/mol. The van der Waals surface area contributed by atoms with Crippen molar-refractivity contribution < 1.29 is 14.3 Å². The van der Waals surface area contributed by atoms with E-state index in [1.54, 1.807) is 24.3 Å². The number of hydrogen-bond donors (Lipinski definition) is 2. The Balaban J connectivity index is 0.00000288. The minimum Gasteiger partial charge on any atom is -0.494 e. The average molecular weight is 351 g/mol. The van der Waals surface area contributed by atoms with Crippen LogP contribution in [0.1, 0.15) is 18.9 Å². The lowest BCUT2D eigenvalue weighted by molar-refractivity contribution is -0.118. The lowest BCUT2D eigenvalue weighted by Gasteiger charge is -2.11. The van der Waals surface area contributed by atoms with Crippen LogP contribution in [0.5, 0.6) is 11.5 Å². The van der Waals surface area contributed by atoms with Crippen LogP contribution in [0.2, 0.25) is 0 Å². The fraction of sp³-hybridized carbons (Fsp3) is 0.278. The van der Waals surface area contributed by atoms with Gasteiger partial charge in [0.1, 0.15) is 11.5 Å². The summed E-state index contributed by atoms with van der Waals surface area (Å²) in [5.74, 6) is 1.18. The Morgan fingerprint density at radius 3 is 2.33 bits per heavy atom. The first kappa shape index (κ1) is 19.6. The SMILES string of the molecule is CCCOc1ccc(OCC(=O)Nc2cc(N)ccc2C)cc1.Cl. The molecular weight excluding hydrogens is 328 g/mol. The predicted octanol–water partition coefficient (Wildman–Crippen LogP) is 3.81. The number of hydrogen-bond acceptors (Lipinski definition) is 4. The van der Waals surface area contributed by atoms with Crippen molar-refractivity contribution in [2.75, 3.05) is 24.3 Å². The smallest absolute Gasteiger partial charge is 0.262 e. The number of nitrogens with one attached hydrogen (secondary N) is 1. The molecule has 2 aromatic rings. The summed E-state index contributed by atoms with van der Waals surface area (Å²) in [6.07, 6.45) is 0.960. The molecule has 0 heterocycles. The molecule has 2 aromatic carbocycles. The lowest BCUT2D eigenvalue weighted by atomic mass is 10.2. The first-order valence-corrected chi connectivity index (χ1v) is 7.60. The van der Waals surface area contributed by atoms with E-state index in [9.17, 15) is 4.79 Å². The van der Waals surface area contributed by atoms with Crippen LogP contribution in [0.15, 0.2) is 42.5 Å². The second kappa shape index (κ2) is 9.67. The maximum atomic E-state index is 12.0. The van der Waals surface area contributed by atoms with Crippen molar-refractivity contribution in [1.82, 2.24) is 0 Å². The zero-order chi connectivity index (χ0) is 16.7. The Hall–Kier alpha value is -2.40. The number of anilines is 2. The summed E-state index contributed by atoms with van der Waals surface area (Å²) in [6.45, 7) is 4.58. The van der Waals surface area contributed by atoms with Crippen molar-refractivity contribution in [3.05, 3.63) is 48.0 Å². The first-order chi connectivity index (χ1) is 11.1. The second-order valence-electron chi connectivity index (χ2n) is 5.23. The number of ether oxygens (including phenoxy) is 2. The Morgan fingerprint density at radius 1 is 1.08 bits per heavy atom. The van der Waals surface area contributed by atoms with Gasteiger partial charge in [-0.05, 0) is 55.3 Å². The molecule has 0 fully saturated rings. The Morgan fingerprint density at radius 2 is 1.71 bits per heavy atom. The number of carbonyl (C=O) groups excluding carboxylic acids is 1. The fourth-order valence-electron chi connectivity index (χ4n) is 1.96. The Bertz CT molecular complexity index is 660. The number of amides is 1. The van der Waals surface area contributed by atoms with Crippen LogP contribution in [0.4, 0.5) is 11.4 Å². The molecule has 130 valence electrons. The maximum Gasteiger partial charge on any atom is 0.262 e. The number of halogens is 1. The van der Waals surface area contributed by atoms with Crippen LogP contribution in [-0.2, 0) is 4.79 Å². The van der Waals surface area contributed by atoms with Gasteiger partial charge in [-0.25, -0.2) is 0 Å². The topological polar surface area (TPSA) is 73.6 Å². The van der Waals surface area contributed by atoms with Gasteiger partial charge in [-0.15, -0.1) is 12.4 Å². The molecule has 0 atom stereocenters. The molecule has 0 aliphatic carbocycles. The number of rotatable bonds is 7. The molecule has 24 heavy (non-hydrogen) atoms. The van der Waals surface area contributed by atoms with Crippen molar-refractivity contribution in [2.45, 2.75) is 20.3 Å². The summed E-state index contributed by atoms with van der Waals surface area (Å²) < 4.78 is 11.0. The summed E-state index contributed by atoms with van der Waals surface area (Å²) >= 11 is 0. The average Bonchev–Trinajstić information content (AvgIpc) is 2.55. The number of aryl methyl sites for hydroxylation is 1. The maximum absolute atomic E-state index is 12.0. The largest absolute Gasteiger partial charge is 0.494 e. The summed E-state index contributed by atoms with van der Waals surface area (Å²) in [7, 11) is 0. The molecule has 0 radical (unpaired) electrons. The molecule has 0 aliphatic rings. The van der Waals surface area contributed by atoms with E-state index in [1.807, 2.05) is 25.1 Å². The van der Waals surface area contributed by atoms with Crippen molar-refractivity contribution in [3.8, 4) is 11.5 Å². The van der Waals surface area contributed by atoms with E-state index in [0.29, 0.717) is 23.7 Å². The van der Waals surface area contributed by atoms with E-state index in [2.05, 4.69) is 12.2 Å². The molecule has 5 nitrogen and oxygen atoms in total. The zero-order valence-corrected chi connectivity index (χ0v) is 14.7. The molecule has 0 aliphatic heterocycles. The zero-order valence-electron chi connectivity index (χ0n) is 13.9. The normalized spacial score (nSPS) is 9.75. The summed E-state index contributed by atoms with van der Waals surface area (Å²) in [5, 5.41) is 2.79. The third-order valence-corrected chi connectivity index (χ3v) is 3.20. The number of nitrogen functional groups attached to an aromatic ring is 1. The van der Waals surface area contributed by atoms with Gasteiger partial charge in [0.2, 0.25) is 0 Å². The molecule has 0 saturated carbocycles. The molecule has 0 saturated heterocycles. The van der Waals surface area contributed by atoms with Gasteiger partial charge in [0, 0.05) is 11.4 Å². The highest BCUT2D eigenvalue weighted by atomic mass is 35.5. The van der Waals surface area contributed by atoms with Crippen molar-refractivity contribution >= 4 is 29.7 Å². The molecule has 1 amide bonds. The van der Waals surface area contributed by atoms with Crippen LogP contribution in [0.25, 0.3) is 0 Å². The first-order valence-electron chi connectivity index (χ1n) is 7.60. The molecule has 2 rings (SSSR count). The Labute approximate surface area is 148 Å². The van der Waals surface area contributed by atoms with Crippen LogP contribution < -0.4 is 20.5 Å². The van der Waals surface area contributed by atoms with Gasteiger partial charge in [-0.3, -0.25) is 4.79 Å². The fourth-order valence-corrected chi connectivity index (χ4v) is 1.96. The second-order valence-corrected chi connectivity index (χ2v) is 5.23. The summed E-state index contributed by atoms with van der Waals surface area (Å²) in [5.41, 5.74) is 7.97. The third kappa shape index (κ3) is 6.01. The lowest BCUT2D eigenvalue weighted by Crippen LogP contribution is -2.20. The van der Waals surface area contributed by atoms with Gasteiger partial charge in [0.25, 0.3) is 5.91 Å². The Kier molecular flexibility index (Phi) is 7.92. The van der Waals surface area contributed by atoms with Crippen molar-refractivity contribution in [1.29, 1.82) is 0 Å². The highest BCUT2D eigenvalue weighted by Gasteiger charge is 2.06. The van der Waals surface area contributed by atoms with E-state index in [4.69, 9.17) is 15.2 Å². The van der Waals surface area contributed by atoms with E-state index in [-0.39, 0.29) is 24.9 Å². The summed E-state index contributed by atoms with van der Waals surface area (Å²) in [4.78, 5) is 12.0. The van der Waals surface area contributed by atoms with E-state index >= 15 is 0 Å². The minimum absolute atomic E-state index is 0. The molecular formula is C18H23ClN2O3. The van der Waals surface area contributed by atoms with Gasteiger partial charge in [0.05, 0.1) is 6.61 Å². The quantitative estimate of drug-likeness (QED) is 0.745. The van der Waals surface area contributed by atoms with Crippen molar-refractivity contribution in [2.24, 2.45) is 0 Å². The third-order valence-electron chi connectivity index (χ3n) is 3.20. The predicted molar refractivity (Wildman–Crippen MR) is 99.2 cm³/mol. The van der Waals surface area contributed by atoms with Gasteiger partial charge in [0.15, 0.2) is 6.61 Å². The number of carbonyl (C=O) groups is 1. The van der Waals surface area contributed by atoms with Crippen LogP contribution in [0, 0.1) is 6.92 Å². The van der Waals surface area contributed by atoms with Gasteiger partial charge < -0.3 is 20.5 Å². The van der Waals surface area contributed by atoms with Gasteiger partial charge in [-0.2, -0.15) is 0 Å². The van der Waals surface area contributed by atoms with Crippen LogP contribution in [-0.4, -0.2) is 19.1 Å². The van der Waals surface area contributed by atoms with E-state index in [0.717, 1.165) is 17.7 Å². The molecule has 3 N–H and O–H groups in total. The number of nitrogens with two attached hydrogens (primary N) is 1. The summed E-state index contributed by atoms with van der Waals surface area (Å²) in [6, 6.07) is 12.6. The molecule has 0 unspecified atom stereocenters. The van der Waals surface area contributed by atoms with Gasteiger partial charge >= 0.3 is 0 Å². The van der Waals surface area contributed by atoms with E-state index < -0.39 is 0 Å². The number of benzene rings is 2. The van der Waals surface area contributed by atoms with Crippen LogP contribution in [0.3, 0.4) is 0 Å². The molecule has 0 spiro atoms. The highest BCUT2D eigenvalue weighted by molar-refractivity contribution is 5.93. The van der Waals surface area contributed by atoms with E-state index in [1.165, 1.54) is 0 Å². The standard InChI is InChI=1S/C18H22N2O3.ClH/c1-3-10-22-15-6-8-16(9-7-15)23-12-18(21)20-17-11-14(19)5-4-13(17)2;/h4-9,11H,3,10,12,19H2,1-2H3,(H,20,21);1H. The minimum atomic E-state index is -0.231. The van der Waals surface area contributed by atoms with Crippen molar-refractivity contribution in [3.63, 3.8) is 0 Å².